The predicted octanol–water partition coefficient (Wildman–Crippen LogP) is 3.74. The number of ketones is 1. The first-order valence-corrected chi connectivity index (χ1v) is 9.24. The predicted molar refractivity (Wildman–Crippen MR) is 96.3 cm³/mol. The van der Waals surface area contributed by atoms with Gasteiger partial charge in [-0.05, 0) is 64.7 Å². The molecule has 0 radical (unpaired) electrons. The molecule has 2 aliphatic rings. The van der Waals surface area contributed by atoms with Crippen LogP contribution in [0.1, 0.15) is 63.2 Å². The summed E-state index contributed by atoms with van der Waals surface area (Å²) in [6.07, 6.45) is 5.43. The van der Waals surface area contributed by atoms with Crippen LogP contribution in [0.2, 0.25) is 0 Å². The number of carbonyl (C=O) groups is 2. The van der Waals surface area contributed by atoms with Crippen LogP contribution in [0.3, 0.4) is 0 Å². The maximum absolute atomic E-state index is 12.7. The molecule has 0 bridgehead atoms. The highest BCUT2D eigenvalue weighted by Crippen LogP contribution is 2.36. The largest absolute Gasteiger partial charge is 0.487 e. The SMILES string of the molecule is CC(=O)c1ccc2c(c1)N(C(C)C(=O)OC1CCCCC1)CC(C)O2. The van der Waals surface area contributed by atoms with Crippen molar-refractivity contribution in [1.29, 1.82) is 0 Å². The molecule has 1 aliphatic heterocycles. The van der Waals surface area contributed by atoms with Crippen molar-refractivity contribution in [2.45, 2.75) is 71.1 Å². The summed E-state index contributed by atoms with van der Waals surface area (Å²) in [5, 5.41) is 0. The van der Waals surface area contributed by atoms with Gasteiger partial charge in [-0.1, -0.05) is 6.42 Å². The molecule has 1 fully saturated rings. The van der Waals surface area contributed by atoms with Crippen molar-refractivity contribution in [3.05, 3.63) is 23.8 Å². The number of nitrogens with zero attached hydrogens (tertiary/aromatic N) is 1. The summed E-state index contributed by atoms with van der Waals surface area (Å²) in [4.78, 5) is 26.4. The molecule has 3 rings (SSSR count). The molecule has 5 heteroatoms. The Hall–Kier alpha value is -2.04. The molecule has 1 aromatic carbocycles. The second-order valence-corrected chi connectivity index (χ2v) is 7.19. The number of Topliss-reactive ketones (excluding diaryl/α,β-unsaturated/α-hetero) is 1. The van der Waals surface area contributed by atoms with E-state index in [1.807, 2.05) is 30.9 Å². The lowest BCUT2D eigenvalue weighted by Crippen LogP contribution is -2.48. The van der Waals surface area contributed by atoms with Crippen molar-refractivity contribution in [1.82, 2.24) is 0 Å². The van der Waals surface area contributed by atoms with Crippen molar-refractivity contribution in [2.24, 2.45) is 0 Å². The van der Waals surface area contributed by atoms with Crippen LogP contribution in [-0.4, -0.2) is 36.5 Å². The van der Waals surface area contributed by atoms with E-state index in [0.29, 0.717) is 17.9 Å². The number of ether oxygens (including phenoxy) is 2. The third-order valence-corrected chi connectivity index (χ3v) is 5.10. The Labute approximate surface area is 149 Å². The average molecular weight is 345 g/mol. The average Bonchev–Trinajstić information content (AvgIpc) is 2.60. The molecule has 0 amide bonds. The van der Waals surface area contributed by atoms with E-state index in [1.165, 1.54) is 6.42 Å². The summed E-state index contributed by atoms with van der Waals surface area (Å²) in [5.41, 5.74) is 1.41. The van der Waals surface area contributed by atoms with Crippen LogP contribution < -0.4 is 9.64 Å². The topological polar surface area (TPSA) is 55.8 Å². The van der Waals surface area contributed by atoms with Gasteiger partial charge in [0.1, 0.15) is 24.0 Å². The number of esters is 1. The Morgan fingerprint density at radius 1 is 1.24 bits per heavy atom. The van der Waals surface area contributed by atoms with Gasteiger partial charge in [-0.3, -0.25) is 4.79 Å². The van der Waals surface area contributed by atoms with E-state index in [2.05, 4.69) is 0 Å². The molecule has 25 heavy (non-hydrogen) atoms. The van der Waals surface area contributed by atoms with Gasteiger partial charge in [-0.15, -0.1) is 0 Å². The Morgan fingerprint density at radius 2 is 1.96 bits per heavy atom. The molecule has 0 aromatic heterocycles. The van der Waals surface area contributed by atoms with Crippen molar-refractivity contribution in [2.75, 3.05) is 11.4 Å². The van der Waals surface area contributed by atoms with Crippen LogP contribution in [0, 0.1) is 0 Å². The van der Waals surface area contributed by atoms with Crippen LogP contribution in [0.25, 0.3) is 0 Å². The fourth-order valence-corrected chi connectivity index (χ4v) is 3.63. The minimum atomic E-state index is -0.408. The third-order valence-electron chi connectivity index (χ3n) is 5.10. The molecule has 1 aliphatic carbocycles. The number of hydrogen-bond acceptors (Lipinski definition) is 5. The second-order valence-electron chi connectivity index (χ2n) is 7.19. The Balaban J connectivity index is 1.79. The Bertz CT molecular complexity index is 651. The van der Waals surface area contributed by atoms with E-state index in [9.17, 15) is 9.59 Å². The Kier molecular flexibility index (Phi) is 5.30. The molecule has 1 aromatic rings. The summed E-state index contributed by atoms with van der Waals surface area (Å²) in [6.45, 7) is 5.98. The molecule has 1 saturated carbocycles. The smallest absolute Gasteiger partial charge is 0.328 e. The van der Waals surface area contributed by atoms with Gasteiger partial charge in [0.25, 0.3) is 0 Å². The zero-order valence-electron chi connectivity index (χ0n) is 15.3. The highest BCUT2D eigenvalue weighted by molar-refractivity contribution is 5.96. The van der Waals surface area contributed by atoms with Gasteiger partial charge in [-0.2, -0.15) is 0 Å². The van der Waals surface area contributed by atoms with Crippen LogP contribution >= 0.6 is 0 Å². The molecule has 1 heterocycles. The van der Waals surface area contributed by atoms with Gasteiger partial charge in [-0.25, -0.2) is 4.79 Å². The lowest BCUT2D eigenvalue weighted by atomic mass is 9.98. The summed E-state index contributed by atoms with van der Waals surface area (Å²) >= 11 is 0. The van der Waals surface area contributed by atoms with E-state index in [0.717, 1.165) is 31.4 Å². The number of anilines is 1. The standard InChI is InChI=1S/C20H27NO4/c1-13-12-21(14(2)20(23)25-17-7-5-4-6-8-17)18-11-16(15(3)22)9-10-19(18)24-13/h9-11,13-14,17H,4-8,12H2,1-3H3. The summed E-state index contributed by atoms with van der Waals surface area (Å²) in [7, 11) is 0. The van der Waals surface area contributed by atoms with Crippen molar-refractivity contribution in [3.8, 4) is 5.75 Å². The van der Waals surface area contributed by atoms with Crippen molar-refractivity contribution in [3.63, 3.8) is 0 Å². The number of carbonyl (C=O) groups excluding carboxylic acids is 2. The second kappa shape index (κ2) is 7.46. The fourth-order valence-electron chi connectivity index (χ4n) is 3.63. The molecule has 136 valence electrons. The molecule has 5 nitrogen and oxygen atoms in total. The molecular weight excluding hydrogens is 318 g/mol. The summed E-state index contributed by atoms with van der Waals surface area (Å²) in [5.74, 6) is 0.514. The Morgan fingerprint density at radius 3 is 2.64 bits per heavy atom. The van der Waals surface area contributed by atoms with Crippen LogP contribution in [0.5, 0.6) is 5.75 Å². The van der Waals surface area contributed by atoms with Gasteiger partial charge in [0.2, 0.25) is 0 Å². The van der Waals surface area contributed by atoms with Gasteiger partial charge < -0.3 is 14.4 Å². The van der Waals surface area contributed by atoms with Gasteiger partial charge >= 0.3 is 5.97 Å². The molecule has 0 N–H and O–H groups in total. The van der Waals surface area contributed by atoms with Crippen LogP contribution in [-0.2, 0) is 9.53 Å². The summed E-state index contributed by atoms with van der Waals surface area (Å²) in [6, 6.07) is 4.98. The minimum absolute atomic E-state index is 0.00110. The van der Waals surface area contributed by atoms with Crippen LogP contribution in [0.4, 0.5) is 5.69 Å². The first-order chi connectivity index (χ1) is 12.0. The van der Waals surface area contributed by atoms with Crippen LogP contribution in [0.15, 0.2) is 18.2 Å². The van der Waals surface area contributed by atoms with E-state index in [-0.39, 0.29) is 24.0 Å². The molecule has 0 spiro atoms. The number of benzene rings is 1. The lowest BCUT2D eigenvalue weighted by molar-refractivity contribution is -0.151. The van der Waals surface area contributed by atoms with E-state index >= 15 is 0 Å². The molecular formula is C20H27NO4. The highest BCUT2D eigenvalue weighted by atomic mass is 16.5. The van der Waals surface area contributed by atoms with Gasteiger partial charge in [0.05, 0.1) is 12.2 Å². The van der Waals surface area contributed by atoms with Crippen molar-refractivity contribution >= 4 is 17.4 Å². The van der Waals surface area contributed by atoms with Gasteiger partial charge in [0.15, 0.2) is 5.78 Å². The van der Waals surface area contributed by atoms with E-state index in [1.54, 1.807) is 13.0 Å². The highest BCUT2D eigenvalue weighted by Gasteiger charge is 2.32. The number of fused-ring (bicyclic) bond motifs is 1. The first kappa shape index (κ1) is 17.8. The maximum atomic E-state index is 12.7. The minimum Gasteiger partial charge on any atom is -0.487 e. The molecule has 2 atom stereocenters. The number of hydrogen-bond donors (Lipinski definition) is 0. The normalized spacial score (nSPS) is 21.9. The first-order valence-electron chi connectivity index (χ1n) is 9.24. The van der Waals surface area contributed by atoms with Crippen molar-refractivity contribution < 1.29 is 19.1 Å². The zero-order chi connectivity index (χ0) is 18.0. The molecule has 2 unspecified atom stereocenters. The third kappa shape index (κ3) is 3.97. The zero-order valence-corrected chi connectivity index (χ0v) is 15.3. The van der Waals surface area contributed by atoms with E-state index in [4.69, 9.17) is 9.47 Å². The molecule has 0 saturated heterocycles. The fraction of sp³-hybridized carbons (Fsp3) is 0.600. The van der Waals surface area contributed by atoms with E-state index < -0.39 is 6.04 Å². The monoisotopic (exact) mass is 345 g/mol. The maximum Gasteiger partial charge on any atom is 0.328 e. The summed E-state index contributed by atoms with van der Waals surface area (Å²) < 4.78 is 11.6. The van der Waals surface area contributed by atoms with Gasteiger partial charge in [0, 0.05) is 5.56 Å². The lowest BCUT2D eigenvalue weighted by Gasteiger charge is -2.38. The quantitative estimate of drug-likeness (QED) is 0.614. The number of rotatable bonds is 4.